The molecule has 0 aliphatic heterocycles. The molecule has 0 unspecified atom stereocenters. The molecule has 0 saturated heterocycles. The van der Waals surface area contributed by atoms with Crippen molar-refractivity contribution >= 4 is 10.0 Å². The van der Waals surface area contributed by atoms with Crippen LogP contribution < -0.4 is 4.72 Å². The zero-order chi connectivity index (χ0) is 13.8. The Labute approximate surface area is 106 Å². The van der Waals surface area contributed by atoms with Gasteiger partial charge in [0.2, 0.25) is 10.0 Å². The van der Waals surface area contributed by atoms with Gasteiger partial charge in [0.1, 0.15) is 16.7 Å². The molecule has 7 heteroatoms. The van der Waals surface area contributed by atoms with E-state index in [0.29, 0.717) is 0 Å². The number of hydrogen-bond acceptors (Lipinski definition) is 5. The summed E-state index contributed by atoms with van der Waals surface area (Å²) < 4.78 is 26.0. The van der Waals surface area contributed by atoms with Crippen LogP contribution in [0.2, 0.25) is 0 Å². The maximum Gasteiger partial charge on any atom is 0.242 e. The van der Waals surface area contributed by atoms with Crippen LogP contribution in [0.15, 0.2) is 23.2 Å². The second-order valence-corrected chi connectivity index (χ2v) is 6.08. The molecule has 0 saturated carbocycles. The van der Waals surface area contributed by atoms with E-state index < -0.39 is 15.4 Å². The molecule has 0 bridgehead atoms. The van der Waals surface area contributed by atoms with Crippen molar-refractivity contribution in [2.24, 2.45) is 5.41 Å². The van der Waals surface area contributed by atoms with Gasteiger partial charge in [0, 0.05) is 12.7 Å². The number of nitriles is 2. The summed E-state index contributed by atoms with van der Waals surface area (Å²) >= 11 is 0. The zero-order valence-electron chi connectivity index (χ0n) is 10.0. The van der Waals surface area contributed by atoms with E-state index in [2.05, 4.69) is 9.71 Å². The van der Waals surface area contributed by atoms with Gasteiger partial charge in [-0.3, -0.25) is 0 Å². The van der Waals surface area contributed by atoms with Crippen molar-refractivity contribution in [2.45, 2.75) is 18.7 Å². The highest BCUT2D eigenvalue weighted by molar-refractivity contribution is 7.89. The Kier molecular flexibility index (Phi) is 4.02. The summed E-state index contributed by atoms with van der Waals surface area (Å²) in [6.07, 6.45) is 1.11. The first kappa shape index (κ1) is 14.1. The Balaban J connectivity index is 2.88. The predicted molar refractivity (Wildman–Crippen MR) is 63.5 cm³/mol. The quantitative estimate of drug-likeness (QED) is 0.864. The van der Waals surface area contributed by atoms with E-state index in [0.717, 1.165) is 6.20 Å². The van der Waals surface area contributed by atoms with E-state index in [1.807, 2.05) is 6.07 Å². The van der Waals surface area contributed by atoms with Gasteiger partial charge >= 0.3 is 0 Å². The lowest BCUT2D eigenvalue weighted by atomic mass is 9.97. The molecular formula is C11H12N4O2S. The Morgan fingerprint density at radius 3 is 2.50 bits per heavy atom. The van der Waals surface area contributed by atoms with Gasteiger partial charge in [0.15, 0.2) is 0 Å². The van der Waals surface area contributed by atoms with Crippen molar-refractivity contribution in [3.8, 4) is 12.1 Å². The molecule has 0 atom stereocenters. The summed E-state index contributed by atoms with van der Waals surface area (Å²) in [6.45, 7) is 3.27. The van der Waals surface area contributed by atoms with E-state index in [4.69, 9.17) is 10.5 Å². The van der Waals surface area contributed by atoms with E-state index >= 15 is 0 Å². The number of rotatable bonds is 4. The third-order valence-electron chi connectivity index (χ3n) is 2.17. The first-order valence-corrected chi connectivity index (χ1v) is 6.56. The molecule has 0 radical (unpaired) electrons. The fourth-order valence-electron chi connectivity index (χ4n) is 1.00. The summed E-state index contributed by atoms with van der Waals surface area (Å²) in [4.78, 5) is 3.65. The third kappa shape index (κ3) is 3.52. The molecule has 1 aromatic rings. The van der Waals surface area contributed by atoms with Crippen molar-refractivity contribution < 1.29 is 8.42 Å². The van der Waals surface area contributed by atoms with Crippen molar-refractivity contribution in [3.05, 3.63) is 24.0 Å². The summed E-state index contributed by atoms with van der Waals surface area (Å²) in [7, 11) is -3.70. The fourth-order valence-corrected chi connectivity index (χ4v) is 2.16. The Morgan fingerprint density at radius 2 is 2.06 bits per heavy atom. The highest BCUT2D eigenvalue weighted by atomic mass is 32.2. The Hall–Kier alpha value is -1.96. The first-order valence-electron chi connectivity index (χ1n) is 5.08. The number of pyridine rings is 1. The van der Waals surface area contributed by atoms with E-state index in [9.17, 15) is 8.42 Å². The third-order valence-corrected chi connectivity index (χ3v) is 3.55. The molecule has 1 N–H and O–H groups in total. The lowest BCUT2D eigenvalue weighted by Gasteiger charge is -2.15. The van der Waals surface area contributed by atoms with E-state index in [1.165, 1.54) is 12.1 Å². The molecule has 0 spiro atoms. The molecule has 18 heavy (non-hydrogen) atoms. The van der Waals surface area contributed by atoms with Crippen LogP contribution in [0.25, 0.3) is 0 Å². The first-order chi connectivity index (χ1) is 8.30. The maximum atomic E-state index is 11.9. The number of nitrogens with zero attached hydrogens (tertiary/aromatic N) is 3. The van der Waals surface area contributed by atoms with Crippen LogP contribution in [0.1, 0.15) is 19.5 Å². The van der Waals surface area contributed by atoms with Crippen LogP contribution in [0.5, 0.6) is 0 Å². The van der Waals surface area contributed by atoms with Crippen LogP contribution >= 0.6 is 0 Å². The molecule has 94 valence electrons. The average molecular weight is 264 g/mol. The number of aromatic nitrogens is 1. The van der Waals surface area contributed by atoms with Crippen LogP contribution in [0, 0.1) is 28.1 Å². The van der Waals surface area contributed by atoms with Crippen LogP contribution in [-0.2, 0) is 10.0 Å². The van der Waals surface area contributed by atoms with Crippen molar-refractivity contribution in [3.63, 3.8) is 0 Å². The second kappa shape index (κ2) is 5.13. The fraction of sp³-hybridized carbons (Fsp3) is 0.364. The van der Waals surface area contributed by atoms with Gasteiger partial charge in [-0.25, -0.2) is 18.1 Å². The Morgan fingerprint density at radius 1 is 1.39 bits per heavy atom. The number of nitrogens with one attached hydrogen (secondary N) is 1. The summed E-state index contributed by atoms with van der Waals surface area (Å²) in [5, 5.41) is 17.4. The van der Waals surface area contributed by atoms with Gasteiger partial charge in [-0.05, 0) is 26.0 Å². The summed E-state index contributed by atoms with van der Waals surface area (Å²) in [5.41, 5.74) is -0.640. The largest absolute Gasteiger partial charge is 0.244 e. The molecule has 1 heterocycles. The van der Waals surface area contributed by atoms with Gasteiger partial charge in [0.25, 0.3) is 0 Å². The topological polar surface area (TPSA) is 107 Å². The zero-order valence-corrected chi connectivity index (χ0v) is 10.8. The van der Waals surface area contributed by atoms with Gasteiger partial charge in [-0.2, -0.15) is 10.5 Å². The van der Waals surface area contributed by atoms with E-state index in [1.54, 1.807) is 19.9 Å². The standard InChI is InChI=1S/C11H12N4O2S/c1-11(2,7-13)8-15-18(16,17)10-4-3-9(5-12)14-6-10/h3-4,6,15H,8H2,1-2H3. The van der Waals surface area contributed by atoms with E-state index in [-0.39, 0.29) is 17.1 Å². The molecule has 0 amide bonds. The van der Waals surface area contributed by atoms with Crippen molar-refractivity contribution in [1.82, 2.24) is 9.71 Å². The Bertz CT molecular complexity index is 606. The molecule has 1 aromatic heterocycles. The predicted octanol–water partition coefficient (Wildman–Crippen LogP) is 0.781. The lowest BCUT2D eigenvalue weighted by Crippen LogP contribution is -2.33. The van der Waals surface area contributed by atoms with Gasteiger partial charge in [-0.1, -0.05) is 0 Å². The van der Waals surface area contributed by atoms with Gasteiger partial charge in [-0.15, -0.1) is 0 Å². The number of hydrogen-bond donors (Lipinski definition) is 1. The monoisotopic (exact) mass is 264 g/mol. The molecule has 0 fully saturated rings. The normalized spacial score (nSPS) is 11.6. The minimum atomic E-state index is -3.70. The average Bonchev–Trinajstić information content (AvgIpc) is 2.37. The van der Waals surface area contributed by atoms with Crippen LogP contribution in [-0.4, -0.2) is 19.9 Å². The summed E-state index contributed by atoms with van der Waals surface area (Å²) in [5.74, 6) is 0. The SMILES string of the molecule is CC(C)(C#N)CNS(=O)(=O)c1ccc(C#N)nc1. The molecule has 0 aliphatic rings. The lowest BCUT2D eigenvalue weighted by molar-refractivity contribution is 0.478. The van der Waals surface area contributed by atoms with Crippen LogP contribution in [0.4, 0.5) is 0 Å². The minimum absolute atomic E-state index is 0.00579. The molecule has 1 rings (SSSR count). The smallest absolute Gasteiger partial charge is 0.242 e. The summed E-state index contributed by atoms with van der Waals surface area (Å²) in [6, 6.07) is 6.42. The molecular weight excluding hydrogens is 252 g/mol. The highest BCUT2D eigenvalue weighted by Crippen LogP contribution is 2.13. The van der Waals surface area contributed by atoms with Gasteiger partial charge < -0.3 is 0 Å². The molecule has 0 aromatic carbocycles. The second-order valence-electron chi connectivity index (χ2n) is 4.31. The van der Waals surface area contributed by atoms with Crippen molar-refractivity contribution in [1.29, 1.82) is 10.5 Å². The minimum Gasteiger partial charge on any atom is -0.244 e. The van der Waals surface area contributed by atoms with Gasteiger partial charge in [0.05, 0.1) is 11.5 Å². The number of sulfonamides is 1. The maximum absolute atomic E-state index is 11.9. The molecule has 0 aliphatic carbocycles. The van der Waals surface area contributed by atoms with Crippen molar-refractivity contribution in [2.75, 3.05) is 6.54 Å². The van der Waals surface area contributed by atoms with Crippen LogP contribution in [0.3, 0.4) is 0 Å². The highest BCUT2D eigenvalue weighted by Gasteiger charge is 2.22. The molecule has 6 nitrogen and oxygen atoms in total.